The van der Waals surface area contributed by atoms with Gasteiger partial charge in [-0.25, -0.2) is 0 Å². The molecule has 80 valence electrons. The summed E-state index contributed by atoms with van der Waals surface area (Å²) in [5, 5.41) is 8.83. The van der Waals surface area contributed by atoms with Gasteiger partial charge < -0.3 is 9.88 Å². The maximum atomic E-state index is 8.83. The number of nitrogens with one attached hydrogen (secondary N) is 1. The minimum Gasteiger partial charge on any atom is -0.358 e. The molecule has 0 aromatic carbocycles. The topological polar surface area (TPSA) is 42.8 Å². The molecule has 0 spiro atoms. The molecule has 0 aliphatic heterocycles. The summed E-state index contributed by atoms with van der Waals surface area (Å²) in [6.45, 7) is 0. The van der Waals surface area contributed by atoms with Gasteiger partial charge in [0.25, 0.3) is 0 Å². The number of aromatic amines is 1. The fraction of sp³-hybridized carbons (Fsp3) is 0.583. The van der Waals surface area contributed by atoms with Crippen molar-refractivity contribution in [3.8, 4) is 6.07 Å². The van der Waals surface area contributed by atoms with Crippen LogP contribution in [0.1, 0.15) is 25.7 Å². The first-order valence-electron chi connectivity index (χ1n) is 5.57. The van der Waals surface area contributed by atoms with Gasteiger partial charge in [-0.15, -0.1) is 0 Å². The second kappa shape index (κ2) is 4.39. The molecule has 0 saturated heterocycles. The van der Waals surface area contributed by atoms with Crippen LogP contribution in [0, 0.1) is 17.2 Å². The third kappa shape index (κ3) is 2.15. The average molecular weight is 203 g/mol. The Morgan fingerprint density at radius 2 is 2.13 bits per heavy atom. The first kappa shape index (κ1) is 10.1. The monoisotopic (exact) mass is 203 g/mol. The van der Waals surface area contributed by atoms with Crippen molar-refractivity contribution in [3.05, 3.63) is 18.3 Å². The van der Waals surface area contributed by atoms with Gasteiger partial charge in [-0.1, -0.05) is 0 Å². The summed E-state index contributed by atoms with van der Waals surface area (Å²) in [6, 6.07) is 7.08. The van der Waals surface area contributed by atoms with Crippen LogP contribution >= 0.6 is 0 Å². The number of nitriles is 1. The van der Waals surface area contributed by atoms with Crippen LogP contribution in [-0.4, -0.2) is 18.1 Å². The van der Waals surface area contributed by atoms with Crippen LogP contribution in [0.3, 0.4) is 0 Å². The van der Waals surface area contributed by atoms with Gasteiger partial charge in [-0.3, -0.25) is 0 Å². The molecule has 0 bridgehead atoms. The maximum absolute atomic E-state index is 8.83. The Balaban J connectivity index is 1.94. The molecular weight excluding hydrogens is 186 g/mol. The highest BCUT2D eigenvalue weighted by Gasteiger charge is 2.24. The van der Waals surface area contributed by atoms with Crippen molar-refractivity contribution in [3.63, 3.8) is 0 Å². The van der Waals surface area contributed by atoms with Gasteiger partial charge in [-0.05, 0) is 37.8 Å². The molecule has 1 aromatic heterocycles. The molecular formula is C12H17N3. The number of rotatable bonds is 2. The summed E-state index contributed by atoms with van der Waals surface area (Å²) < 4.78 is 0. The van der Waals surface area contributed by atoms with Gasteiger partial charge in [0.1, 0.15) is 5.82 Å². The summed E-state index contributed by atoms with van der Waals surface area (Å²) in [5.74, 6) is 1.47. The molecule has 3 heteroatoms. The molecule has 0 amide bonds. The van der Waals surface area contributed by atoms with E-state index in [1.54, 1.807) is 0 Å². The highest BCUT2D eigenvalue weighted by Crippen LogP contribution is 2.28. The van der Waals surface area contributed by atoms with E-state index in [1.807, 2.05) is 12.3 Å². The van der Waals surface area contributed by atoms with Crippen molar-refractivity contribution in [2.75, 3.05) is 11.9 Å². The van der Waals surface area contributed by atoms with E-state index in [4.69, 9.17) is 5.26 Å². The van der Waals surface area contributed by atoms with Gasteiger partial charge >= 0.3 is 0 Å². The lowest BCUT2D eigenvalue weighted by molar-refractivity contribution is 0.371. The standard InChI is InChI=1S/C12H17N3/c1-15(12-3-2-8-14-12)11-6-4-10(9-13)5-7-11/h2-3,8,10-11,14H,4-7H2,1H3. The fourth-order valence-corrected chi connectivity index (χ4v) is 2.33. The summed E-state index contributed by atoms with van der Waals surface area (Å²) in [6.07, 6.45) is 6.31. The molecule has 1 heterocycles. The quantitative estimate of drug-likeness (QED) is 0.802. The van der Waals surface area contributed by atoms with Crippen molar-refractivity contribution in [2.24, 2.45) is 5.92 Å². The first-order valence-corrected chi connectivity index (χ1v) is 5.57. The molecule has 1 saturated carbocycles. The minimum atomic E-state index is 0.290. The average Bonchev–Trinajstić information content (AvgIpc) is 2.82. The van der Waals surface area contributed by atoms with Gasteiger partial charge in [0, 0.05) is 25.2 Å². The van der Waals surface area contributed by atoms with Gasteiger partial charge in [0.05, 0.1) is 6.07 Å². The number of aromatic nitrogens is 1. The maximum Gasteiger partial charge on any atom is 0.105 e. The molecule has 1 N–H and O–H groups in total. The highest BCUT2D eigenvalue weighted by atomic mass is 15.2. The molecule has 1 aliphatic rings. The normalized spacial score (nSPS) is 25.9. The second-order valence-electron chi connectivity index (χ2n) is 4.30. The van der Waals surface area contributed by atoms with Gasteiger partial charge in [-0.2, -0.15) is 5.26 Å². The number of anilines is 1. The van der Waals surface area contributed by atoms with E-state index in [0.717, 1.165) is 25.7 Å². The Morgan fingerprint density at radius 1 is 1.40 bits per heavy atom. The molecule has 1 fully saturated rings. The van der Waals surface area contributed by atoms with Gasteiger partial charge in [0.2, 0.25) is 0 Å². The van der Waals surface area contributed by atoms with E-state index >= 15 is 0 Å². The predicted molar refractivity (Wildman–Crippen MR) is 60.6 cm³/mol. The van der Waals surface area contributed by atoms with E-state index in [9.17, 15) is 0 Å². The van der Waals surface area contributed by atoms with Crippen LogP contribution < -0.4 is 4.90 Å². The Kier molecular flexibility index (Phi) is 2.96. The Bertz CT molecular complexity index is 328. The van der Waals surface area contributed by atoms with Crippen molar-refractivity contribution in [1.29, 1.82) is 5.26 Å². The molecule has 0 atom stereocenters. The molecule has 2 rings (SSSR count). The molecule has 0 radical (unpaired) electrons. The first-order chi connectivity index (χ1) is 7.31. The Hall–Kier alpha value is -1.43. The highest BCUT2D eigenvalue weighted by molar-refractivity contribution is 5.38. The van der Waals surface area contributed by atoms with Crippen LogP contribution in [0.4, 0.5) is 5.82 Å². The third-order valence-electron chi connectivity index (χ3n) is 3.39. The van der Waals surface area contributed by atoms with Crippen LogP contribution in [0.15, 0.2) is 18.3 Å². The summed E-state index contributed by atoms with van der Waals surface area (Å²) in [7, 11) is 2.13. The molecule has 3 nitrogen and oxygen atoms in total. The van der Waals surface area contributed by atoms with Gasteiger partial charge in [0.15, 0.2) is 0 Å². The van der Waals surface area contributed by atoms with E-state index in [-0.39, 0.29) is 0 Å². The van der Waals surface area contributed by atoms with Crippen molar-refractivity contribution >= 4 is 5.82 Å². The predicted octanol–water partition coefficient (Wildman–Crippen LogP) is 2.53. The zero-order valence-corrected chi connectivity index (χ0v) is 9.11. The summed E-state index contributed by atoms with van der Waals surface area (Å²) >= 11 is 0. The van der Waals surface area contributed by atoms with Crippen LogP contribution in [0.5, 0.6) is 0 Å². The smallest absolute Gasteiger partial charge is 0.105 e. The third-order valence-corrected chi connectivity index (χ3v) is 3.39. The van der Waals surface area contributed by atoms with E-state index in [2.05, 4.69) is 29.1 Å². The SMILES string of the molecule is CN(c1ccc[nH]1)C1CCC(C#N)CC1. The molecule has 15 heavy (non-hydrogen) atoms. The fourth-order valence-electron chi connectivity index (χ4n) is 2.33. The lowest BCUT2D eigenvalue weighted by Gasteiger charge is -2.33. The van der Waals surface area contributed by atoms with Crippen LogP contribution in [-0.2, 0) is 0 Å². The lowest BCUT2D eigenvalue weighted by Crippen LogP contribution is -2.35. The minimum absolute atomic E-state index is 0.290. The Morgan fingerprint density at radius 3 is 2.67 bits per heavy atom. The van der Waals surface area contributed by atoms with Crippen molar-refractivity contribution < 1.29 is 0 Å². The number of hydrogen-bond donors (Lipinski definition) is 1. The van der Waals surface area contributed by atoms with E-state index < -0.39 is 0 Å². The van der Waals surface area contributed by atoms with E-state index in [1.165, 1.54) is 5.82 Å². The second-order valence-corrected chi connectivity index (χ2v) is 4.30. The molecule has 1 aromatic rings. The summed E-state index contributed by atoms with van der Waals surface area (Å²) in [4.78, 5) is 5.52. The van der Waals surface area contributed by atoms with Crippen molar-refractivity contribution in [2.45, 2.75) is 31.7 Å². The largest absolute Gasteiger partial charge is 0.358 e. The van der Waals surface area contributed by atoms with Crippen molar-refractivity contribution in [1.82, 2.24) is 4.98 Å². The van der Waals surface area contributed by atoms with Crippen LogP contribution in [0.2, 0.25) is 0 Å². The summed E-state index contributed by atoms with van der Waals surface area (Å²) in [5.41, 5.74) is 0. The zero-order valence-electron chi connectivity index (χ0n) is 9.11. The molecule has 0 unspecified atom stereocenters. The number of hydrogen-bond acceptors (Lipinski definition) is 2. The zero-order chi connectivity index (χ0) is 10.7. The Labute approximate surface area is 90.7 Å². The number of H-pyrrole nitrogens is 1. The van der Waals surface area contributed by atoms with E-state index in [0.29, 0.717) is 12.0 Å². The lowest BCUT2D eigenvalue weighted by atomic mass is 9.86. The van der Waals surface area contributed by atoms with Crippen LogP contribution in [0.25, 0.3) is 0 Å². The molecule has 1 aliphatic carbocycles. The number of nitrogens with zero attached hydrogens (tertiary/aromatic N) is 2.